The summed E-state index contributed by atoms with van der Waals surface area (Å²) in [5.41, 5.74) is 7.19. The molecule has 0 saturated heterocycles. The topological polar surface area (TPSA) is 153 Å². The summed E-state index contributed by atoms with van der Waals surface area (Å²) in [6, 6.07) is 9.97. The predicted octanol–water partition coefficient (Wildman–Crippen LogP) is -0.121. The second-order valence-electron chi connectivity index (χ2n) is 4.52. The lowest BCUT2D eigenvalue weighted by atomic mass is 9.95. The SMILES string of the molecule is NC1(Cc2ccccc2)N=CN=C2N=CN=C21.O=P(O)(O)O. The lowest BCUT2D eigenvalue weighted by molar-refractivity contribution is 0.275. The normalized spacial score (nSPS) is 22.4. The van der Waals surface area contributed by atoms with Gasteiger partial charge in [-0.05, 0) is 5.56 Å². The van der Waals surface area contributed by atoms with Crippen molar-refractivity contribution in [2.45, 2.75) is 12.1 Å². The van der Waals surface area contributed by atoms with Crippen molar-refractivity contribution in [3.8, 4) is 0 Å². The largest absolute Gasteiger partial charge is 0.466 e. The highest BCUT2D eigenvalue weighted by molar-refractivity contribution is 7.45. The molecular weight excluding hydrogens is 309 g/mol. The average molecular weight is 323 g/mol. The number of benzene rings is 1. The zero-order valence-corrected chi connectivity index (χ0v) is 12.2. The Morgan fingerprint density at radius 1 is 1.09 bits per heavy atom. The molecule has 0 amide bonds. The molecule has 22 heavy (non-hydrogen) atoms. The summed E-state index contributed by atoms with van der Waals surface area (Å²) in [5, 5.41) is 0. The van der Waals surface area contributed by atoms with E-state index in [-0.39, 0.29) is 0 Å². The quantitative estimate of drug-likeness (QED) is 0.559. The maximum atomic E-state index is 8.88. The summed E-state index contributed by atoms with van der Waals surface area (Å²) in [5.74, 6) is 0.568. The summed E-state index contributed by atoms with van der Waals surface area (Å²) < 4.78 is 8.88. The van der Waals surface area contributed by atoms with Gasteiger partial charge in [0.15, 0.2) is 11.5 Å². The van der Waals surface area contributed by atoms with Gasteiger partial charge in [-0.2, -0.15) is 0 Å². The summed E-state index contributed by atoms with van der Waals surface area (Å²) in [4.78, 5) is 38.1. The number of rotatable bonds is 2. The van der Waals surface area contributed by atoms with Gasteiger partial charge in [0.25, 0.3) is 0 Å². The molecule has 0 aromatic heterocycles. The number of hydrogen-bond donors (Lipinski definition) is 4. The first-order valence-corrected chi connectivity index (χ1v) is 7.68. The molecule has 0 saturated carbocycles. The number of fused-ring (bicyclic) bond motifs is 1. The first-order chi connectivity index (χ1) is 10.3. The van der Waals surface area contributed by atoms with Gasteiger partial charge in [0, 0.05) is 6.42 Å². The van der Waals surface area contributed by atoms with E-state index in [1.807, 2.05) is 30.3 Å². The van der Waals surface area contributed by atoms with Crippen LogP contribution in [0.5, 0.6) is 0 Å². The third kappa shape index (κ3) is 4.48. The van der Waals surface area contributed by atoms with Crippen LogP contribution in [0, 0.1) is 0 Å². The highest BCUT2D eigenvalue weighted by Gasteiger charge is 2.37. The van der Waals surface area contributed by atoms with Crippen LogP contribution < -0.4 is 5.73 Å². The molecule has 5 N–H and O–H groups in total. The van der Waals surface area contributed by atoms with Crippen molar-refractivity contribution in [3.05, 3.63) is 35.9 Å². The van der Waals surface area contributed by atoms with E-state index in [9.17, 15) is 0 Å². The fourth-order valence-corrected chi connectivity index (χ4v) is 1.94. The monoisotopic (exact) mass is 323 g/mol. The molecule has 116 valence electrons. The van der Waals surface area contributed by atoms with Crippen molar-refractivity contribution in [1.29, 1.82) is 0 Å². The van der Waals surface area contributed by atoms with Crippen LogP contribution in [0.25, 0.3) is 0 Å². The highest BCUT2D eigenvalue weighted by Crippen LogP contribution is 2.25. The van der Waals surface area contributed by atoms with Gasteiger partial charge in [0.1, 0.15) is 18.4 Å². The van der Waals surface area contributed by atoms with Gasteiger partial charge in [-0.3, -0.25) is 0 Å². The van der Waals surface area contributed by atoms with Gasteiger partial charge in [-0.1, -0.05) is 30.3 Å². The van der Waals surface area contributed by atoms with Crippen LogP contribution in [0.4, 0.5) is 0 Å². The van der Waals surface area contributed by atoms with E-state index in [0.29, 0.717) is 18.0 Å². The molecule has 2 aliphatic rings. The second kappa shape index (κ2) is 6.39. The van der Waals surface area contributed by atoms with Crippen molar-refractivity contribution in [2.24, 2.45) is 25.7 Å². The highest BCUT2D eigenvalue weighted by atomic mass is 31.2. The Morgan fingerprint density at radius 2 is 1.73 bits per heavy atom. The zero-order chi connectivity index (χ0) is 16.2. The first-order valence-electron chi connectivity index (χ1n) is 6.12. The molecule has 3 rings (SSSR count). The van der Waals surface area contributed by atoms with Crippen molar-refractivity contribution in [3.63, 3.8) is 0 Å². The predicted molar refractivity (Wildman–Crippen MR) is 83.2 cm³/mol. The van der Waals surface area contributed by atoms with E-state index < -0.39 is 13.5 Å². The number of nitrogens with two attached hydrogens (primary N) is 1. The Bertz CT molecular complexity index is 701. The second-order valence-corrected chi connectivity index (χ2v) is 5.55. The minimum atomic E-state index is -4.64. The maximum absolute atomic E-state index is 8.88. The number of phosphoric acid groups is 1. The van der Waals surface area contributed by atoms with Crippen molar-refractivity contribution < 1.29 is 19.2 Å². The third-order valence-corrected chi connectivity index (χ3v) is 2.77. The molecule has 0 aliphatic carbocycles. The van der Waals surface area contributed by atoms with Gasteiger partial charge >= 0.3 is 7.82 Å². The summed E-state index contributed by atoms with van der Waals surface area (Å²) in [7, 11) is -4.64. The van der Waals surface area contributed by atoms with E-state index in [0.717, 1.165) is 5.56 Å². The van der Waals surface area contributed by atoms with Crippen LogP contribution in [0.15, 0.2) is 50.3 Å². The smallest absolute Gasteiger partial charge is 0.303 e. The maximum Gasteiger partial charge on any atom is 0.466 e. The standard InChI is InChI=1S/C12H11N5.H3O4P/c13-12(6-9-4-2-1-3-5-9)10-11(15-7-14-10)16-8-17-12;1-5(2,3)4/h1-5,7-8H,6,13H2;(H3,1,2,3,4). The van der Waals surface area contributed by atoms with Gasteiger partial charge in [0.05, 0.1) is 0 Å². The minimum absolute atomic E-state index is 0.568. The van der Waals surface area contributed by atoms with Gasteiger partial charge in [0.2, 0.25) is 0 Å². The van der Waals surface area contributed by atoms with Crippen LogP contribution in [0.3, 0.4) is 0 Å². The van der Waals surface area contributed by atoms with Crippen molar-refractivity contribution >= 4 is 32.0 Å². The van der Waals surface area contributed by atoms with Crippen LogP contribution in [0.1, 0.15) is 5.56 Å². The molecule has 0 spiro atoms. The Balaban J connectivity index is 0.000000309. The first kappa shape index (κ1) is 16.3. The zero-order valence-electron chi connectivity index (χ0n) is 11.3. The number of nitrogens with zero attached hydrogens (tertiary/aromatic N) is 4. The molecule has 1 aromatic carbocycles. The molecule has 1 unspecified atom stereocenters. The van der Waals surface area contributed by atoms with E-state index in [2.05, 4.69) is 20.0 Å². The average Bonchev–Trinajstić information content (AvgIpc) is 2.88. The van der Waals surface area contributed by atoms with Gasteiger partial charge in [-0.25, -0.2) is 24.5 Å². The molecule has 2 aliphatic heterocycles. The molecular formula is C12H14N5O4P. The Kier molecular flexibility index (Phi) is 4.74. The van der Waals surface area contributed by atoms with E-state index in [1.54, 1.807) is 0 Å². The number of amidine groups is 1. The van der Waals surface area contributed by atoms with Gasteiger partial charge in [-0.15, -0.1) is 0 Å². The molecule has 9 nitrogen and oxygen atoms in total. The van der Waals surface area contributed by atoms with Crippen molar-refractivity contribution in [1.82, 2.24) is 0 Å². The Morgan fingerprint density at radius 3 is 2.36 bits per heavy atom. The van der Waals surface area contributed by atoms with E-state index >= 15 is 0 Å². The lowest BCUT2D eigenvalue weighted by Gasteiger charge is -2.26. The van der Waals surface area contributed by atoms with E-state index in [1.165, 1.54) is 12.7 Å². The van der Waals surface area contributed by atoms with Crippen LogP contribution in [-0.2, 0) is 11.0 Å². The van der Waals surface area contributed by atoms with Crippen molar-refractivity contribution in [2.75, 3.05) is 0 Å². The molecule has 1 aromatic rings. The lowest BCUT2D eigenvalue weighted by Crippen LogP contribution is -2.52. The van der Waals surface area contributed by atoms with Crippen LogP contribution in [0.2, 0.25) is 0 Å². The molecule has 1 atom stereocenters. The molecule has 10 heteroatoms. The molecule has 0 bridgehead atoms. The number of aliphatic imine (C=N–C) groups is 4. The summed E-state index contributed by atoms with van der Waals surface area (Å²) >= 11 is 0. The fraction of sp³-hybridized carbons (Fsp3) is 0.167. The van der Waals surface area contributed by atoms with Gasteiger partial charge < -0.3 is 20.4 Å². The van der Waals surface area contributed by atoms with Crippen LogP contribution in [-0.4, -0.2) is 44.6 Å². The summed E-state index contributed by atoms with van der Waals surface area (Å²) in [6.45, 7) is 0. The fourth-order valence-electron chi connectivity index (χ4n) is 1.94. The molecule has 0 radical (unpaired) electrons. The Hall–Kier alpha value is -2.03. The van der Waals surface area contributed by atoms with Crippen LogP contribution >= 0.6 is 7.82 Å². The minimum Gasteiger partial charge on any atom is -0.303 e. The molecule has 2 heterocycles. The third-order valence-electron chi connectivity index (χ3n) is 2.77. The number of hydrogen-bond acceptors (Lipinski definition) is 6. The molecule has 0 fully saturated rings. The Labute approximate surface area is 125 Å². The summed E-state index contributed by atoms with van der Waals surface area (Å²) in [6.07, 6.45) is 3.51. The van der Waals surface area contributed by atoms with E-state index in [4.69, 9.17) is 25.0 Å².